The molecule has 0 amide bonds. The molecule has 2 heteroatoms. The zero-order chi connectivity index (χ0) is 11.5. The molecule has 82 valence electrons. The lowest BCUT2D eigenvalue weighted by Crippen LogP contribution is -1.87. The lowest BCUT2D eigenvalue weighted by Gasteiger charge is -1.92. The van der Waals surface area contributed by atoms with E-state index in [9.17, 15) is 0 Å². The van der Waals surface area contributed by atoms with Crippen molar-refractivity contribution in [2.75, 3.05) is 13.2 Å². The Kier molecular flexibility index (Phi) is 8.10. The van der Waals surface area contributed by atoms with Gasteiger partial charge in [-0.05, 0) is 18.6 Å². The number of benzene rings is 1. The third kappa shape index (κ3) is 7.52. The molecule has 1 rings (SSSR count). The fourth-order valence-corrected chi connectivity index (χ4v) is 0.798. The zero-order valence-electron chi connectivity index (χ0n) is 9.15. The fourth-order valence-electron chi connectivity index (χ4n) is 0.798. The van der Waals surface area contributed by atoms with Crippen molar-refractivity contribution >= 4 is 0 Å². The minimum Gasteiger partial charge on any atom is -0.508 e. The first kappa shape index (κ1) is 13.5. The van der Waals surface area contributed by atoms with Gasteiger partial charge in [0.05, 0.1) is 13.2 Å². The van der Waals surface area contributed by atoms with Gasteiger partial charge in [0.25, 0.3) is 0 Å². The van der Waals surface area contributed by atoms with E-state index in [1.54, 1.807) is 18.2 Å². The van der Waals surface area contributed by atoms with Crippen molar-refractivity contribution in [1.29, 1.82) is 0 Å². The summed E-state index contributed by atoms with van der Waals surface area (Å²) in [5, 5.41) is 8.92. The Bertz CT molecular complexity index is 263. The van der Waals surface area contributed by atoms with Crippen LogP contribution < -0.4 is 0 Å². The fraction of sp³-hybridized carbons (Fsp3) is 0.231. The molecule has 0 unspecified atom stereocenters. The van der Waals surface area contributed by atoms with Gasteiger partial charge in [0.2, 0.25) is 0 Å². The quantitative estimate of drug-likeness (QED) is 0.606. The van der Waals surface area contributed by atoms with Gasteiger partial charge in [0.1, 0.15) is 5.75 Å². The first-order valence-electron chi connectivity index (χ1n) is 4.76. The van der Waals surface area contributed by atoms with Gasteiger partial charge in [0.15, 0.2) is 0 Å². The van der Waals surface area contributed by atoms with Crippen LogP contribution in [0.1, 0.15) is 5.56 Å². The van der Waals surface area contributed by atoms with Gasteiger partial charge < -0.3 is 9.84 Å². The molecule has 0 saturated carbocycles. The van der Waals surface area contributed by atoms with E-state index in [-0.39, 0.29) is 0 Å². The Morgan fingerprint density at radius 2 is 1.73 bits per heavy atom. The van der Waals surface area contributed by atoms with Crippen LogP contribution in [0.2, 0.25) is 0 Å². The SMILES string of the molecule is C=CCOCC=C.Cc1ccccc1O. The Morgan fingerprint density at radius 3 is 2.07 bits per heavy atom. The van der Waals surface area contributed by atoms with Gasteiger partial charge in [-0.2, -0.15) is 0 Å². The second kappa shape index (κ2) is 9.03. The number of aromatic hydroxyl groups is 1. The van der Waals surface area contributed by atoms with Crippen LogP contribution >= 0.6 is 0 Å². The summed E-state index contributed by atoms with van der Waals surface area (Å²) in [5.74, 6) is 0.368. The molecule has 1 N–H and O–H groups in total. The summed E-state index contributed by atoms with van der Waals surface area (Å²) in [6, 6.07) is 7.25. The maximum absolute atomic E-state index is 8.92. The highest BCUT2D eigenvalue weighted by Gasteiger charge is 1.86. The standard InChI is InChI=1S/C7H8O.C6H10O/c1-6-4-2-3-5-7(6)8;1-3-5-7-6-4-2/h2-5,8H,1H3;3-4H,1-2,5-6H2. The molecule has 0 radical (unpaired) electrons. The van der Waals surface area contributed by atoms with Crippen molar-refractivity contribution in [3.8, 4) is 5.75 Å². The third-order valence-corrected chi connectivity index (χ3v) is 1.59. The van der Waals surface area contributed by atoms with Gasteiger partial charge in [-0.3, -0.25) is 0 Å². The zero-order valence-corrected chi connectivity index (χ0v) is 9.15. The largest absolute Gasteiger partial charge is 0.508 e. The molecule has 0 aliphatic carbocycles. The highest BCUT2D eigenvalue weighted by atomic mass is 16.5. The molecule has 1 aromatic carbocycles. The number of ether oxygens (including phenoxy) is 1. The first-order chi connectivity index (χ1) is 7.22. The second-order valence-electron chi connectivity index (χ2n) is 2.90. The van der Waals surface area contributed by atoms with Gasteiger partial charge in [-0.25, -0.2) is 0 Å². The van der Waals surface area contributed by atoms with Gasteiger partial charge in [-0.1, -0.05) is 30.4 Å². The molecule has 15 heavy (non-hydrogen) atoms. The van der Waals surface area contributed by atoms with Crippen LogP contribution in [-0.4, -0.2) is 18.3 Å². The Hall–Kier alpha value is -1.54. The molecule has 2 nitrogen and oxygen atoms in total. The average molecular weight is 206 g/mol. The number of phenols is 1. The van der Waals surface area contributed by atoms with E-state index in [0.717, 1.165) is 5.56 Å². The van der Waals surface area contributed by atoms with Crippen molar-refractivity contribution in [2.45, 2.75) is 6.92 Å². The van der Waals surface area contributed by atoms with Crippen LogP contribution in [0.25, 0.3) is 0 Å². The van der Waals surface area contributed by atoms with Crippen LogP contribution in [-0.2, 0) is 4.74 Å². The van der Waals surface area contributed by atoms with Gasteiger partial charge in [0, 0.05) is 0 Å². The second-order valence-corrected chi connectivity index (χ2v) is 2.90. The molecule has 0 aliphatic rings. The maximum atomic E-state index is 8.92. The number of hydrogen-bond donors (Lipinski definition) is 1. The molecule has 0 bridgehead atoms. The molecule has 0 aliphatic heterocycles. The molecule has 0 atom stereocenters. The smallest absolute Gasteiger partial charge is 0.118 e. The normalized spacial score (nSPS) is 8.60. The number of hydrogen-bond acceptors (Lipinski definition) is 2. The predicted octanol–water partition coefficient (Wildman–Crippen LogP) is 3.08. The number of para-hydroxylation sites is 1. The van der Waals surface area contributed by atoms with Crippen molar-refractivity contribution in [3.63, 3.8) is 0 Å². The molecule has 0 aromatic heterocycles. The summed E-state index contributed by atoms with van der Waals surface area (Å²) in [6.07, 6.45) is 3.42. The molecule has 0 spiro atoms. The van der Waals surface area contributed by atoms with E-state index in [4.69, 9.17) is 9.84 Å². The van der Waals surface area contributed by atoms with E-state index in [1.165, 1.54) is 0 Å². The van der Waals surface area contributed by atoms with Gasteiger partial charge >= 0.3 is 0 Å². The van der Waals surface area contributed by atoms with Crippen LogP contribution in [0, 0.1) is 6.92 Å². The predicted molar refractivity (Wildman–Crippen MR) is 64.1 cm³/mol. The van der Waals surface area contributed by atoms with Crippen molar-refractivity contribution in [1.82, 2.24) is 0 Å². The van der Waals surface area contributed by atoms with E-state index >= 15 is 0 Å². The van der Waals surface area contributed by atoms with Crippen LogP contribution in [0.15, 0.2) is 49.6 Å². The minimum atomic E-state index is 0.368. The summed E-state index contributed by atoms with van der Waals surface area (Å²) < 4.78 is 4.90. The monoisotopic (exact) mass is 206 g/mol. The van der Waals surface area contributed by atoms with Crippen molar-refractivity contribution < 1.29 is 9.84 Å². The third-order valence-electron chi connectivity index (χ3n) is 1.59. The molecular formula is C13H18O2. The summed E-state index contributed by atoms with van der Waals surface area (Å²) in [5.41, 5.74) is 0.924. The Labute approximate surface area is 91.5 Å². The van der Waals surface area contributed by atoms with E-state index in [2.05, 4.69) is 13.2 Å². The minimum absolute atomic E-state index is 0.368. The van der Waals surface area contributed by atoms with Gasteiger partial charge in [-0.15, -0.1) is 13.2 Å². The van der Waals surface area contributed by atoms with Crippen LogP contribution in [0.5, 0.6) is 5.75 Å². The topological polar surface area (TPSA) is 29.5 Å². The highest BCUT2D eigenvalue weighted by Crippen LogP contribution is 2.12. The molecule has 0 heterocycles. The highest BCUT2D eigenvalue weighted by molar-refractivity contribution is 5.29. The van der Waals surface area contributed by atoms with Crippen LogP contribution in [0.3, 0.4) is 0 Å². The average Bonchev–Trinajstić information content (AvgIpc) is 2.24. The number of aryl methyl sites for hydroxylation is 1. The summed E-state index contributed by atoms with van der Waals surface area (Å²) >= 11 is 0. The first-order valence-corrected chi connectivity index (χ1v) is 4.76. The molecule has 0 fully saturated rings. The van der Waals surface area contributed by atoms with E-state index in [0.29, 0.717) is 19.0 Å². The summed E-state index contributed by atoms with van der Waals surface area (Å²) in [6.45, 7) is 10.1. The lowest BCUT2D eigenvalue weighted by molar-refractivity contribution is 0.194. The molecular weight excluding hydrogens is 188 g/mol. The molecule has 1 aromatic rings. The maximum Gasteiger partial charge on any atom is 0.118 e. The van der Waals surface area contributed by atoms with E-state index in [1.807, 2.05) is 25.1 Å². The number of rotatable bonds is 4. The molecule has 0 saturated heterocycles. The van der Waals surface area contributed by atoms with Crippen LogP contribution in [0.4, 0.5) is 0 Å². The Morgan fingerprint density at radius 1 is 1.20 bits per heavy atom. The van der Waals surface area contributed by atoms with Crippen molar-refractivity contribution in [2.24, 2.45) is 0 Å². The summed E-state index contributed by atoms with van der Waals surface area (Å²) in [4.78, 5) is 0. The lowest BCUT2D eigenvalue weighted by atomic mass is 10.2. The summed E-state index contributed by atoms with van der Waals surface area (Å²) in [7, 11) is 0. The number of phenolic OH excluding ortho intramolecular Hbond substituents is 1. The van der Waals surface area contributed by atoms with E-state index < -0.39 is 0 Å². The van der Waals surface area contributed by atoms with Crippen molar-refractivity contribution in [3.05, 3.63) is 55.1 Å². The Balaban J connectivity index is 0.000000265.